The number of halogens is 5. The summed E-state index contributed by atoms with van der Waals surface area (Å²) in [4.78, 5) is 13.3. The summed E-state index contributed by atoms with van der Waals surface area (Å²) < 4.78 is 83.4. The Morgan fingerprint density at radius 3 is 1.93 bits per heavy atom. The van der Waals surface area contributed by atoms with E-state index < -0.39 is 58.6 Å². The summed E-state index contributed by atoms with van der Waals surface area (Å²) in [5, 5.41) is 19.3. The van der Waals surface area contributed by atoms with Gasteiger partial charge in [0.05, 0.1) is 28.6 Å². The number of carbonyl (C=O) groups excluding carboxylic acids is 1. The van der Waals surface area contributed by atoms with Crippen molar-refractivity contribution < 1.29 is 30.8 Å². The van der Waals surface area contributed by atoms with Crippen molar-refractivity contribution >= 4 is 27.3 Å². The van der Waals surface area contributed by atoms with Crippen molar-refractivity contribution in [1.82, 2.24) is 4.90 Å². The highest BCUT2D eigenvalue weighted by atomic mass is 35.5. The van der Waals surface area contributed by atoms with Crippen LogP contribution in [0.2, 0.25) is 5.02 Å². The topological polar surface area (TPSA) is 128 Å². The number of sulfone groups is 1. The SMILES string of the molecule is CC(C)(F)C[C@@H](C(N)=O)N(C(C#N)Cc1ccc(C#N)cc1Cl)[C@@H](c1ccc(-c2ccc(S(C)(=O)=O)cc2)cc1)C(F)(F)F. The first-order valence-electron chi connectivity index (χ1n) is 13.2. The van der Waals surface area contributed by atoms with Crippen molar-refractivity contribution in [1.29, 1.82) is 10.5 Å². The molecule has 0 aliphatic rings. The zero-order chi connectivity index (χ0) is 33.0. The first-order chi connectivity index (χ1) is 20.4. The zero-order valence-corrected chi connectivity index (χ0v) is 25.5. The maximum atomic E-state index is 15.0. The molecule has 0 aliphatic heterocycles. The normalized spacial score (nSPS) is 14.3. The second-order valence-corrected chi connectivity index (χ2v) is 13.3. The highest BCUT2D eigenvalue weighted by Gasteiger charge is 2.51. The summed E-state index contributed by atoms with van der Waals surface area (Å²) in [6.45, 7) is 2.18. The average Bonchev–Trinajstić information content (AvgIpc) is 2.93. The van der Waals surface area contributed by atoms with Gasteiger partial charge in [0.15, 0.2) is 9.84 Å². The molecule has 0 spiro atoms. The molecule has 0 radical (unpaired) electrons. The zero-order valence-electron chi connectivity index (χ0n) is 23.9. The first-order valence-corrected chi connectivity index (χ1v) is 15.4. The molecule has 44 heavy (non-hydrogen) atoms. The number of benzene rings is 3. The summed E-state index contributed by atoms with van der Waals surface area (Å²) in [6.07, 6.45) is -5.14. The van der Waals surface area contributed by atoms with E-state index >= 15 is 0 Å². The predicted molar refractivity (Wildman–Crippen MR) is 158 cm³/mol. The number of primary amides is 1. The lowest BCUT2D eigenvalue weighted by molar-refractivity contribution is -0.198. The minimum absolute atomic E-state index is 0.0282. The van der Waals surface area contributed by atoms with Crippen LogP contribution in [0, 0.1) is 22.7 Å². The summed E-state index contributed by atoms with van der Waals surface area (Å²) in [5.74, 6) is -1.25. The van der Waals surface area contributed by atoms with Gasteiger partial charge in [0.2, 0.25) is 5.91 Å². The van der Waals surface area contributed by atoms with Gasteiger partial charge in [-0.3, -0.25) is 9.69 Å². The summed E-state index contributed by atoms with van der Waals surface area (Å²) in [5.41, 5.74) is 4.52. The molecule has 0 aromatic heterocycles. The molecular formula is C31H29ClF4N4O3S. The van der Waals surface area contributed by atoms with Crippen LogP contribution < -0.4 is 5.73 Å². The monoisotopic (exact) mass is 648 g/mol. The van der Waals surface area contributed by atoms with Crippen LogP contribution in [-0.4, -0.2) is 49.4 Å². The summed E-state index contributed by atoms with van der Waals surface area (Å²) in [6, 6.07) is 12.6. The van der Waals surface area contributed by atoms with E-state index in [-0.39, 0.29) is 26.6 Å². The molecule has 0 fully saturated rings. The molecule has 232 valence electrons. The number of nitrogens with two attached hydrogens (primary N) is 1. The van der Waals surface area contributed by atoms with E-state index in [9.17, 15) is 36.0 Å². The van der Waals surface area contributed by atoms with E-state index in [1.54, 1.807) is 0 Å². The molecule has 0 saturated carbocycles. The van der Waals surface area contributed by atoms with Gasteiger partial charge in [-0.15, -0.1) is 0 Å². The van der Waals surface area contributed by atoms with Crippen LogP contribution in [0.4, 0.5) is 17.6 Å². The number of amides is 1. The van der Waals surface area contributed by atoms with Gasteiger partial charge in [-0.1, -0.05) is 54.1 Å². The molecule has 0 heterocycles. The second kappa shape index (κ2) is 13.3. The van der Waals surface area contributed by atoms with Gasteiger partial charge in [-0.2, -0.15) is 23.7 Å². The largest absolute Gasteiger partial charge is 0.408 e. The van der Waals surface area contributed by atoms with E-state index in [2.05, 4.69) is 0 Å². The van der Waals surface area contributed by atoms with Crippen LogP contribution in [-0.2, 0) is 21.1 Å². The van der Waals surface area contributed by atoms with Crippen LogP contribution in [0.1, 0.15) is 43.0 Å². The lowest BCUT2D eigenvalue weighted by Gasteiger charge is -2.41. The summed E-state index contributed by atoms with van der Waals surface area (Å²) in [7, 11) is -3.46. The van der Waals surface area contributed by atoms with Crippen molar-refractivity contribution in [3.8, 4) is 23.3 Å². The number of hydrogen-bond donors (Lipinski definition) is 1. The average molecular weight is 649 g/mol. The van der Waals surface area contributed by atoms with E-state index in [4.69, 9.17) is 22.6 Å². The molecule has 13 heteroatoms. The van der Waals surface area contributed by atoms with Crippen LogP contribution >= 0.6 is 11.6 Å². The number of alkyl halides is 4. The van der Waals surface area contributed by atoms with Crippen LogP contribution in [0.25, 0.3) is 11.1 Å². The van der Waals surface area contributed by atoms with E-state index in [1.807, 2.05) is 12.1 Å². The number of hydrogen-bond acceptors (Lipinski definition) is 6. The fourth-order valence-electron chi connectivity index (χ4n) is 4.88. The highest BCUT2D eigenvalue weighted by Crippen LogP contribution is 2.42. The minimum atomic E-state index is -5.06. The third-order valence-corrected chi connectivity index (χ3v) is 8.40. The molecule has 0 bridgehead atoms. The quantitative estimate of drug-likeness (QED) is 0.243. The molecular weight excluding hydrogens is 620 g/mol. The maximum absolute atomic E-state index is 15.0. The summed E-state index contributed by atoms with van der Waals surface area (Å²) >= 11 is 6.27. The Morgan fingerprint density at radius 1 is 0.977 bits per heavy atom. The van der Waals surface area contributed by atoms with Gasteiger partial charge >= 0.3 is 6.18 Å². The number of rotatable bonds is 11. The van der Waals surface area contributed by atoms with E-state index in [1.165, 1.54) is 66.7 Å². The van der Waals surface area contributed by atoms with Crippen LogP contribution in [0.3, 0.4) is 0 Å². The molecule has 3 aromatic carbocycles. The first kappa shape index (κ1) is 34.5. The van der Waals surface area contributed by atoms with Gasteiger partial charge in [0.1, 0.15) is 17.8 Å². The molecule has 1 amide bonds. The minimum Gasteiger partial charge on any atom is -0.368 e. The molecule has 2 N–H and O–H groups in total. The Labute approximate surface area is 258 Å². The fourth-order valence-corrected chi connectivity index (χ4v) is 5.77. The van der Waals surface area contributed by atoms with Crippen molar-refractivity contribution in [2.45, 2.75) is 61.6 Å². The van der Waals surface area contributed by atoms with Crippen molar-refractivity contribution in [2.24, 2.45) is 5.73 Å². The molecule has 7 nitrogen and oxygen atoms in total. The smallest absolute Gasteiger partial charge is 0.368 e. The van der Waals surface area contributed by atoms with Crippen molar-refractivity contribution in [2.75, 3.05) is 6.26 Å². The highest BCUT2D eigenvalue weighted by molar-refractivity contribution is 7.90. The lowest BCUT2D eigenvalue weighted by Crippen LogP contribution is -2.56. The third-order valence-electron chi connectivity index (χ3n) is 6.92. The van der Waals surface area contributed by atoms with E-state index in [0.717, 1.165) is 20.1 Å². The Kier molecular flexibility index (Phi) is 10.5. The van der Waals surface area contributed by atoms with Gasteiger partial charge in [0, 0.05) is 24.1 Å². The fraction of sp³-hybridized carbons (Fsp3) is 0.323. The number of nitriles is 2. The standard InChI is InChI=1S/C31H29ClF4N4O3S/c1-30(2,33)16-27(29(39)41)40(24(18-38)15-23-5-4-19(17-37)14-26(23)32)28(31(34,35)36)22-8-6-20(7-9-22)21-10-12-25(13-11-21)44(3,42)43/h4-14,24,27-28H,15-16H2,1-3H3,(H2,39,41)/t24?,27-,28-/m0/s1. The maximum Gasteiger partial charge on any atom is 0.408 e. The Hall–Kier alpha value is -3.97. The third kappa shape index (κ3) is 8.56. The second-order valence-electron chi connectivity index (χ2n) is 10.9. The Bertz CT molecular complexity index is 1690. The number of nitrogens with zero attached hydrogens (tertiary/aromatic N) is 3. The lowest BCUT2D eigenvalue weighted by atomic mass is 9.91. The molecule has 3 rings (SSSR count). The van der Waals surface area contributed by atoms with Gasteiger partial charge in [0.25, 0.3) is 0 Å². The van der Waals surface area contributed by atoms with Crippen molar-refractivity contribution in [3.63, 3.8) is 0 Å². The van der Waals surface area contributed by atoms with Gasteiger partial charge in [-0.05, 0) is 60.4 Å². The van der Waals surface area contributed by atoms with Crippen LogP contribution in [0.5, 0.6) is 0 Å². The van der Waals surface area contributed by atoms with Crippen LogP contribution in [0.15, 0.2) is 71.6 Å². The molecule has 1 unspecified atom stereocenters. The molecule has 3 aromatic rings. The number of carbonyl (C=O) groups is 1. The van der Waals surface area contributed by atoms with Gasteiger partial charge < -0.3 is 5.73 Å². The molecule has 3 atom stereocenters. The Morgan fingerprint density at radius 2 is 1.52 bits per heavy atom. The van der Waals surface area contributed by atoms with Crippen molar-refractivity contribution in [3.05, 3.63) is 88.4 Å². The predicted octanol–water partition coefficient (Wildman–Crippen LogP) is 6.31. The Balaban J connectivity index is 2.16. The molecule has 0 saturated heterocycles. The van der Waals surface area contributed by atoms with E-state index in [0.29, 0.717) is 16.0 Å². The van der Waals surface area contributed by atoms with Gasteiger partial charge in [-0.25, -0.2) is 12.8 Å². The molecule has 0 aliphatic carbocycles.